The van der Waals surface area contributed by atoms with Crippen molar-refractivity contribution in [2.45, 2.75) is 6.92 Å². The number of hydrogen-bond donors (Lipinski definition) is 0. The van der Waals surface area contributed by atoms with E-state index in [4.69, 9.17) is 16.0 Å². The minimum Gasteiger partial charge on any atom is -0.422 e. The van der Waals surface area contributed by atoms with Crippen LogP contribution < -0.4 is 10.5 Å². The Hall–Kier alpha value is -2.90. The minimum atomic E-state index is -0.409. The number of fused-ring (bicyclic) bond motifs is 2. The van der Waals surface area contributed by atoms with Crippen molar-refractivity contribution in [2.24, 2.45) is 0 Å². The fourth-order valence-electron chi connectivity index (χ4n) is 3.78. The smallest absolute Gasteiger partial charge is 0.345 e. The van der Waals surface area contributed by atoms with Crippen molar-refractivity contribution in [3.05, 3.63) is 57.9 Å². The molecule has 0 spiro atoms. The molecular weight excluding hydrogens is 390 g/mol. The molecule has 1 fully saturated rings. The maximum absolute atomic E-state index is 12.7. The molecule has 0 saturated carbocycles. The van der Waals surface area contributed by atoms with Gasteiger partial charge in [-0.15, -0.1) is 0 Å². The maximum atomic E-state index is 12.7. The van der Waals surface area contributed by atoms with Crippen molar-refractivity contribution in [1.29, 1.82) is 0 Å². The van der Waals surface area contributed by atoms with Crippen molar-refractivity contribution in [3.8, 4) is 11.3 Å². The molecule has 0 N–H and O–H groups in total. The van der Waals surface area contributed by atoms with Crippen LogP contribution in [0.15, 0.2) is 45.9 Å². The summed E-state index contributed by atoms with van der Waals surface area (Å²) in [4.78, 5) is 26.1. The van der Waals surface area contributed by atoms with Crippen LogP contribution >= 0.6 is 11.6 Å². The summed E-state index contributed by atoms with van der Waals surface area (Å²) >= 11 is 6.03. The number of hydrogen-bond acceptors (Lipinski definition) is 6. The third-order valence-electron chi connectivity index (χ3n) is 5.44. The topological polar surface area (TPSA) is 66.9 Å². The number of anilines is 1. The number of likely N-dealkylation sites (N-methyl/N-ethyl adjacent to an activating group) is 1. The van der Waals surface area contributed by atoms with Gasteiger partial charge < -0.3 is 18.6 Å². The Bertz CT molecular complexity index is 1290. The van der Waals surface area contributed by atoms with Crippen LogP contribution in [0.3, 0.4) is 0 Å². The van der Waals surface area contributed by atoms with Crippen molar-refractivity contribution in [2.75, 3.05) is 38.1 Å². The van der Waals surface area contributed by atoms with Gasteiger partial charge >= 0.3 is 5.63 Å². The van der Waals surface area contributed by atoms with E-state index < -0.39 is 5.63 Å². The molecular formula is C21H20ClN5O2. The molecule has 148 valence electrons. The molecule has 0 bridgehead atoms. The largest absolute Gasteiger partial charge is 0.422 e. The molecule has 0 atom stereocenters. The van der Waals surface area contributed by atoms with Crippen LogP contribution in [0.5, 0.6) is 0 Å². The Kier molecular flexibility index (Phi) is 4.29. The monoisotopic (exact) mass is 409 g/mol. The molecule has 1 aromatic carbocycles. The van der Waals surface area contributed by atoms with E-state index in [1.165, 1.54) is 0 Å². The van der Waals surface area contributed by atoms with Crippen LogP contribution in [0.2, 0.25) is 5.15 Å². The number of aromatic nitrogens is 3. The van der Waals surface area contributed by atoms with E-state index in [1.54, 1.807) is 16.8 Å². The molecule has 1 saturated heterocycles. The van der Waals surface area contributed by atoms with Crippen LogP contribution in [0.1, 0.15) is 5.69 Å². The van der Waals surface area contributed by atoms with Gasteiger partial charge in [0.05, 0.1) is 17.0 Å². The van der Waals surface area contributed by atoms with Crippen molar-refractivity contribution >= 4 is 33.9 Å². The molecule has 4 aromatic rings. The van der Waals surface area contributed by atoms with E-state index in [1.807, 2.05) is 25.1 Å². The first-order chi connectivity index (χ1) is 14.0. The molecule has 0 radical (unpaired) electrons. The van der Waals surface area contributed by atoms with Gasteiger partial charge in [-0.2, -0.15) is 0 Å². The summed E-state index contributed by atoms with van der Waals surface area (Å²) in [6.07, 6.45) is 3.44. The van der Waals surface area contributed by atoms with Gasteiger partial charge in [0.15, 0.2) is 5.65 Å². The van der Waals surface area contributed by atoms with Gasteiger partial charge in [0, 0.05) is 55.7 Å². The number of halogens is 1. The highest BCUT2D eigenvalue weighted by Gasteiger charge is 2.17. The molecule has 4 heterocycles. The lowest BCUT2D eigenvalue weighted by Gasteiger charge is -2.34. The Labute approximate surface area is 172 Å². The maximum Gasteiger partial charge on any atom is 0.345 e. The molecule has 5 rings (SSSR count). The van der Waals surface area contributed by atoms with Crippen LogP contribution in [-0.2, 0) is 0 Å². The number of benzene rings is 1. The average Bonchev–Trinajstić information content (AvgIpc) is 3.11. The number of nitrogens with zero attached hydrogens (tertiary/aromatic N) is 5. The minimum absolute atomic E-state index is 0.376. The second-order valence-corrected chi connectivity index (χ2v) is 7.85. The SMILES string of the molecule is Cc1nc(Cl)cn2cc(-c3cc4ccc(N5CCN(C)CC5)cc4oc3=O)nc12. The van der Waals surface area contributed by atoms with Gasteiger partial charge in [-0.1, -0.05) is 11.6 Å². The first kappa shape index (κ1) is 18.1. The normalized spacial score (nSPS) is 15.5. The van der Waals surface area contributed by atoms with Gasteiger partial charge in [-0.25, -0.2) is 14.8 Å². The van der Waals surface area contributed by atoms with Crippen molar-refractivity contribution in [1.82, 2.24) is 19.3 Å². The van der Waals surface area contributed by atoms with Gasteiger partial charge in [-0.05, 0) is 32.2 Å². The van der Waals surface area contributed by atoms with Crippen LogP contribution in [0, 0.1) is 6.92 Å². The highest BCUT2D eigenvalue weighted by Crippen LogP contribution is 2.26. The highest BCUT2D eigenvalue weighted by atomic mass is 35.5. The van der Waals surface area contributed by atoms with Gasteiger partial charge in [0.1, 0.15) is 10.7 Å². The van der Waals surface area contributed by atoms with Gasteiger partial charge in [0.25, 0.3) is 0 Å². The number of rotatable bonds is 2. The molecule has 0 unspecified atom stereocenters. The Morgan fingerprint density at radius 2 is 1.86 bits per heavy atom. The van der Waals surface area contributed by atoms with Crippen molar-refractivity contribution in [3.63, 3.8) is 0 Å². The summed E-state index contributed by atoms with van der Waals surface area (Å²) < 4.78 is 7.44. The molecule has 1 aliphatic heterocycles. The molecule has 0 aliphatic carbocycles. The molecule has 8 heteroatoms. The van der Waals surface area contributed by atoms with Gasteiger partial charge in [-0.3, -0.25) is 0 Å². The van der Waals surface area contributed by atoms with Crippen molar-refractivity contribution < 1.29 is 4.42 Å². The lowest BCUT2D eigenvalue weighted by molar-refractivity contribution is 0.313. The van der Waals surface area contributed by atoms with Gasteiger partial charge in [0.2, 0.25) is 0 Å². The standard InChI is InChI=1S/C21H20ClN5O2/c1-13-20-24-17(11-27(20)12-19(22)23-13)16-9-14-3-4-15(10-18(14)29-21(16)28)26-7-5-25(2)6-8-26/h3-4,9-12H,5-8H2,1-2H3. The quantitative estimate of drug-likeness (QED) is 0.473. The average molecular weight is 410 g/mol. The summed E-state index contributed by atoms with van der Waals surface area (Å²) in [6.45, 7) is 5.80. The fraction of sp³-hybridized carbons (Fsp3) is 0.286. The third-order valence-corrected chi connectivity index (χ3v) is 5.62. The molecule has 3 aromatic heterocycles. The summed E-state index contributed by atoms with van der Waals surface area (Å²) in [5.74, 6) is 0. The number of aryl methyl sites for hydroxylation is 1. The van der Waals surface area contributed by atoms with E-state index >= 15 is 0 Å². The second kappa shape index (κ2) is 6.86. The van der Waals surface area contributed by atoms with Crippen LogP contribution in [0.4, 0.5) is 5.69 Å². The molecule has 7 nitrogen and oxygen atoms in total. The van der Waals surface area contributed by atoms with Crippen LogP contribution in [-0.4, -0.2) is 52.5 Å². The fourth-order valence-corrected chi connectivity index (χ4v) is 4.02. The second-order valence-electron chi connectivity index (χ2n) is 7.47. The Balaban J connectivity index is 1.56. The van der Waals surface area contributed by atoms with E-state index in [9.17, 15) is 4.79 Å². The number of imidazole rings is 1. The zero-order valence-electron chi connectivity index (χ0n) is 16.2. The van der Waals surface area contributed by atoms with E-state index in [2.05, 4.69) is 32.9 Å². The third kappa shape index (κ3) is 3.26. The zero-order chi connectivity index (χ0) is 20.1. The summed E-state index contributed by atoms with van der Waals surface area (Å²) in [6, 6.07) is 7.86. The predicted octanol–water partition coefficient (Wildman–Crippen LogP) is 3.22. The first-order valence-electron chi connectivity index (χ1n) is 9.51. The molecule has 29 heavy (non-hydrogen) atoms. The molecule has 0 amide bonds. The lowest BCUT2D eigenvalue weighted by Crippen LogP contribution is -2.44. The molecule has 1 aliphatic rings. The van der Waals surface area contributed by atoms with E-state index in [-0.39, 0.29) is 0 Å². The highest BCUT2D eigenvalue weighted by molar-refractivity contribution is 6.29. The Morgan fingerprint density at radius 1 is 1.07 bits per heavy atom. The predicted molar refractivity (Wildman–Crippen MR) is 114 cm³/mol. The van der Waals surface area contributed by atoms with Crippen LogP contribution in [0.25, 0.3) is 27.9 Å². The summed E-state index contributed by atoms with van der Waals surface area (Å²) in [7, 11) is 2.13. The van der Waals surface area contributed by atoms with E-state index in [0.29, 0.717) is 33.3 Å². The van der Waals surface area contributed by atoms with E-state index in [0.717, 1.165) is 37.3 Å². The summed E-state index contributed by atoms with van der Waals surface area (Å²) in [5.41, 5.74) is 3.57. The number of piperazine rings is 1. The Morgan fingerprint density at radius 3 is 2.66 bits per heavy atom. The lowest BCUT2D eigenvalue weighted by atomic mass is 10.1. The first-order valence-corrected chi connectivity index (χ1v) is 9.89. The zero-order valence-corrected chi connectivity index (χ0v) is 17.0. The summed E-state index contributed by atoms with van der Waals surface area (Å²) in [5, 5.41) is 1.24.